The first kappa shape index (κ1) is 17.6. The summed E-state index contributed by atoms with van der Waals surface area (Å²) in [5.74, 6) is 0.598. The number of benzene rings is 3. The van der Waals surface area contributed by atoms with E-state index in [4.69, 9.17) is 10.7 Å². The first-order chi connectivity index (χ1) is 14.2. The van der Waals surface area contributed by atoms with Gasteiger partial charge >= 0.3 is 0 Å². The van der Waals surface area contributed by atoms with E-state index in [1.165, 1.54) is 16.3 Å². The number of nitrogens with two attached hydrogens (primary N) is 1. The van der Waals surface area contributed by atoms with Gasteiger partial charge in [-0.2, -0.15) is 0 Å². The Bertz CT molecular complexity index is 1240. The standard InChI is InChI=1S/C24H22N4O/c25-19-10-8-17(9-11-19)23-26-22-15-28(13-12-21(22)24(29)27-23)14-18-6-3-5-16-4-1-2-7-20(16)18/h1-11H,12-15,25H2,(H,26,27,29). The van der Waals surface area contributed by atoms with Gasteiger partial charge in [-0.3, -0.25) is 9.69 Å². The van der Waals surface area contributed by atoms with Crippen molar-refractivity contribution in [3.05, 3.63) is 93.9 Å². The number of aromatic amines is 1. The molecule has 5 nitrogen and oxygen atoms in total. The molecule has 5 rings (SSSR count). The molecule has 5 heteroatoms. The molecule has 144 valence electrons. The van der Waals surface area contributed by atoms with Gasteiger partial charge in [-0.05, 0) is 47.0 Å². The minimum absolute atomic E-state index is 0.0355. The van der Waals surface area contributed by atoms with E-state index in [0.29, 0.717) is 24.5 Å². The van der Waals surface area contributed by atoms with Gasteiger partial charge in [-0.1, -0.05) is 42.5 Å². The summed E-state index contributed by atoms with van der Waals surface area (Å²) in [6, 6.07) is 22.3. The molecule has 0 fully saturated rings. The molecule has 0 aliphatic carbocycles. The summed E-state index contributed by atoms with van der Waals surface area (Å²) in [5, 5.41) is 2.53. The highest BCUT2D eigenvalue weighted by Gasteiger charge is 2.22. The number of fused-ring (bicyclic) bond motifs is 2. The number of nitrogen functional groups attached to an aromatic ring is 1. The van der Waals surface area contributed by atoms with Crippen LogP contribution in [0.3, 0.4) is 0 Å². The predicted molar refractivity (Wildman–Crippen MR) is 116 cm³/mol. The largest absolute Gasteiger partial charge is 0.399 e. The van der Waals surface area contributed by atoms with E-state index >= 15 is 0 Å². The number of hydrogen-bond acceptors (Lipinski definition) is 4. The average Bonchev–Trinajstić information content (AvgIpc) is 2.74. The van der Waals surface area contributed by atoms with Gasteiger partial charge in [0.25, 0.3) is 5.56 Å². The fraction of sp³-hybridized carbons (Fsp3) is 0.167. The Morgan fingerprint density at radius 2 is 1.79 bits per heavy atom. The van der Waals surface area contributed by atoms with Crippen LogP contribution in [-0.2, 0) is 19.5 Å². The third kappa shape index (κ3) is 3.41. The predicted octanol–water partition coefficient (Wildman–Crippen LogP) is 3.73. The van der Waals surface area contributed by atoms with Crippen molar-refractivity contribution in [2.45, 2.75) is 19.5 Å². The van der Waals surface area contributed by atoms with Crippen LogP contribution in [0.5, 0.6) is 0 Å². The lowest BCUT2D eigenvalue weighted by atomic mass is 10.0. The Morgan fingerprint density at radius 3 is 2.66 bits per heavy atom. The van der Waals surface area contributed by atoms with Crippen molar-refractivity contribution >= 4 is 16.5 Å². The normalized spacial score (nSPS) is 14.1. The van der Waals surface area contributed by atoms with Crippen LogP contribution in [0, 0.1) is 0 Å². The lowest BCUT2D eigenvalue weighted by molar-refractivity contribution is 0.241. The highest BCUT2D eigenvalue weighted by Crippen LogP contribution is 2.24. The highest BCUT2D eigenvalue weighted by molar-refractivity contribution is 5.85. The monoisotopic (exact) mass is 382 g/mol. The molecule has 0 radical (unpaired) electrons. The van der Waals surface area contributed by atoms with Crippen LogP contribution >= 0.6 is 0 Å². The summed E-state index contributed by atoms with van der Waals surface area (Å²) >= 11 is 0. The molecule has 2 heterocycles. The number of nitrogens with zero attached hydrogens (tertiary/aromatic N) is 2. The van der Waals surface area contributed by atoms with Crippen LogP contribution in [0.1, 0.15) is 16.8 Å². The molecular formula is C24H22N4O. The molecule has 1 aliphatic heterocycles. The van der Waals surface area contributed by atoms with Gasteiger partial charge < -0.3 is 10.7 Å². The summed E-state index contributed by atoms with van der Waals surface area (Å²) in [5.41, 5.74) is 10.3. The van der Waals surface area contributed by atoms with Gasteiger partial charge in [-0.25, -0.2) is 4.98 Å². The Kier molecular flexibility index (Phi) is 4.37. The maximum atomic E-state index is 12.6. The molecule has 0 spiro atoms. The molecule has 1 aromatic heterocycles. The van der Waals surface area contributed by atoms with Gasteiger partial charge in [0.15, 0.2) is 0 Å². The van der Waals surface area contributed by atoms with Crippen molar-refractivity contribution < 1.29 is 0 Å². The Morgan fingerprint density at radius 1 is 1.00 bits per heavy atom. The molecule has 3 N–H and O–H groups in total. The van der Waals surface area contributed by atoms with E-state index in [9.17, 15) is 4.79 Å². The van der Waals surface area contributed by atoms with E-state index in [2.05, 4.69) is 52.3 Å². The summed E-state index contributed by atoms with van der Waals surface area (Å²) in [4.78, 5) is 22.7. The molecule has 0 unspecified atom stereocenters. The molecule has 0 amide bonds. The molecular weight excluding hydrogens is 360 g/mol. The second-order valence-electron chi connectivity index (χ2n) is 7.56. The van der Waals surface area contributed by atoms with Crippen molar-refractivity contribution in [1.29, 1.82) is 0 Å². The van der Waals surface area contributed by atoms with Gasteiger partial charge in [-0.15, -0.1) is 0 Å². The second kappa shape index (κ2) is 7.18. The third-order valence-electron chi connectivity index (χ3n) is 5.61. The van der Waals surface area contributed by atoms with Crippen molar-refractivity contribution in [3.8, 4) is 11.4 Å². The summed E-state index contributed by atoms with van der Waals surface area (Å²) in [7, 11) is 0. The maximum Gasteiger partial charge on any atom is 0.254 e. The zero-order valence-electron chi connectivity index (χ0n) is 16.1. The molecule has 0 atom stereocenters. The van der Waals surface area contributed by atoms with Crippen LogP contribution in [0.4, 0.5) is 5.69 Å². The zero-order chi connectivity index (χ0) is 19.8. The molecule has 0 saturated carbocycles. The quantitative estimate of drug-likeness (QED) is 0.530. The van der Waals surface area contributed by atoms with E-state index < -0.39 is 0 Å². The van der Waals surface area contributed by atoms with E-state index in [0.717, 1.165) is 29.9 Å². The lowest BCUT2D eigenvalue weighted by Gasteiger charge is -2.28. The Hall–Kier alpha value is -3.44. The lowest BCUT2D eigenvalue weighted by Crippen LogP contribution is -2.35. The number of H-pyrrole nitrogens is 1. The number of hydrogen-bond donors (Lipinski definition) is 2. The number of rotatable bonds is 3. The molecule has 0 saturated heterocycles. The summed E-state index contributed by atoms with van der Waals surface area (Å²) < 4.78 is 0. The summed E-state index contributed by atoms with van der Waals surface area (Å²) in [6.07, 6.45) is 0.713. The van der Waals surface area contributed by atoms with E-state index in [-0.39, 0.29) is 5.56 Å². The number of nitrogens with one attached hydrogen (secondary N) is 1. The molecule has 3 aromatic carbocycles. The van der Waals surface area contributed by atoms with Gasteiger partial charge in [0.05, 0.1) is 5.69 Å². The van der Waals surface area contributed by atoms with E-state index in [1.807, 2.05) is 24.3 Å². The SMILES string of the molecule is Nc1ccc(-c2nc3c(c(=O)[nH]2)CCN(Cc2cccc4ccccc24)C3)cc1. The number of anilines is 1. The molecule has 4 aromatic rings. The Balaban J connectivity index is 1.45. The van der Waals surface area contributed by atoms with Crippen LogP contribution in [0.15, 0.2) is 71.5 Å². The Labute approximate surface area is 168 Å². The minimum atomic E-state index is -0.0355. The summed E-state index contributed by atoms with van der Waals surface area (Å²) in [6.45, 7) is 2.36. The molecule has 1 aliphatic rings. The zero-order valence-corrected chi connectivity index (χ0v) is 16.1. The van der Waals surface area contributed by atoms with Crippen LogP contribution < -0.4 is 11.3 Å². The second-order valence-corrected chi connectivity index (χ2v) is 7.56. The van der Waals surface area contributed by atoms with Crippen LogP contribution in [0.25, 0.3) is 22.2 Å². The fourth-order valence-electron chi connectivity index (χ4n) is 4.08. The third-order valence-corrected chi connectivity index (χ3v) is 5.61. The molecule has 0 bridgehead atoms. The van der Waals surface area contributed by atoms with Crippen molar-refractivity contribution in [2.24, 2.45) is 0 Å². The van der Waals surface area contributed by atoms with Gasteiger partial charge in [0, 0.05) is 36.4 Å². The van der Waals surface area contributed by atoms with Crippen molar-refractivity contribution in [3.63, 3.8) is 0 Å². The number of aromatic nitrogens is 2. The van der Waals surface area contributed by atoms with Crippen molar-refractivity contribution in [1.82, 2.24) is 14.9 Å². The maximum absolute atomic E-state index is 12.6. The van der Waals surface area contributed by atoms with Crippen LogP contribution in [-0.4, -0.2) is 21.4 Å². The van der Waals surface area contributed by atoms with Gasteiger partial charge in [0.1, 0.15) is 5.82 Å². The smallest absolute Gasteiger partial charge is 0.254 e. The first-order valence-electron chi connectivity index (χ1n) is 9.84. The first-order valence-corrected chi connectivity index (χ1v) is 9.84. The van der Waals surface area contributed by atoms with Gasteiger partial charge in [0.2, 0.25) is 0 Å². The van der Waals surface area contributed by atoms with E-state index in [1.54, 1.807) is 0 Å². The molecule has 29 heavy (non-hydrogen) atoms. The average molecular weight is 382 g/mol. The van der Waals surface area contributed by atoms with Crippen molar-refractivity contribution in [2.75, 3.05) is 12.3 Å². The minimum Gasteiger partial charge on any atom is -0.399 e. The highest BCUT2D eigenvalue weighted by atomic mass is 16.1. The fourth-order valence-corrected chi connectivity index (χ4v) is 4.08. The topological polar surface area (TPSA) is 75.0 Å². The van der Waals surface area contributed by atoms with Crippen LogP contribution in [0.2, 0.25) is 0 Å².